The number of halogens is 5. The first-order chi connectivity index (χ1) is 8.66. The SMILES string of the molecule is COc1cccc(OC)c1[C@@H](N)C(F)(F)C(F)(F)F. The maximum Gasteiger partial charge on any atom is 0.455 e. The highest BCUT2D eigenvalue weighted by Crippen LogP contribution is 2.47. The Labute approximate surface area is 106 Å². The van der Waals surface area contributed by atoms with Crippen molar-refractivity contribution in [2.24, 2.45) is 5.73 Å². The number of hydrogen-bond donors (Lipinski definition) is 1. The Morgan fingerprint density at radius 2 is 1.42 bits per heavy atom. The van der Waals surface area contributed by atoms with E-state index in [1.165, 1.54) is 18.2 Å². The third-order valence-corrected chi connectivity index (χ3v) is 2.55. The second-order valence-corrected chi connectivity index (χ2v) is 3.67. The molecule has 0 fully saturated rings. The van der Waals surface area contributed by atoms with E-state index in [9.17, 15) is 22.0 Å². The van der Waals surface area contributed by atoms with Crippen molar-refractivity contribution >= 4 is 0 Å². The van der Waals surface area contributed by atoms with Crippen molar-refractivity contribution in [3.05, 3.63) is 23.8 Å². The van der Waals surface area contributed by atoms with Gasteiger partial charge in [0.25, 0.3) is 0 Å². The Hall–Kier alpha value is -1.57. The Morgan fingerprint density at radius 3 is 1.74 bits per heavy atom. The molecule has 19 heavy (non-hydrogen) atoms. The number of hydrogen-bond acceptors (Lipinski definition) is 3. The summed E-state index contributed by atoms with van der Waals surface area (Å²) in [4.78, 5) is 0. The summed E-state index contributed by atoms with van der Waals surface area (Å²) in [6, 6.07) is 1.21. The lowest BCUT2D eigenvalue weighted by Gasteiger charge is -2.27. The number of ether oxygens (including phenoxy) is 2. The molecule has 1 rings (SSSR count). The first-order valence-corrected chi connectivity index (χ1v) is 5.07. The van der Waals surface area contributed by atoms with Gasteiger partial charge in [-0.25, -0.2) is 0 Å². The molecule has 0 aliphatic carbocycles. The molecule has 0 saturated carbocycles. The molecule has 0 bridgehead atoms. The molecule has 1 aromatic carbocycles. The van der Waals surface area contributed by atoms with Crippen LogP contribution < -0.4 is 15.2 Å². The molecular weight excluding hydrogens is 273 g/mol. The largest absolute Gasteiger partial charge is 0.496 e. The van der Waals surface area contributed by atoms with Gasteiger partial charge in [0.15, 0.2) is 0 Å². The van der Waals surface area contributed by atoms with Gasteiger partial charge < -0.3 is 15.2 Å². The van der Waals surface area contributed by atoms with Crippen LogP contribution in [0, 0.1) is 0 Å². The van der Waals surface area contributed by atoms with Crippen molar-refractivity contribution in [3.63, 3.8) is 0 Å². The Bertz CT molecular complexity index is 425. The molecule has 0 aliphatic rings. The average Bonchev–Trinajstić information content (AvgIpc) is 2.35. The second kappa shape index (κ2) is 5.20. The molecule has 0 aromatic heterocycles. The molecule has 0 amide bonds. The monoisotopic (exact) mass is 285 g/mol. The first-order valence-electron chi connectivity index (χ1n) is 5.07. The van der Waals surface area contributed by atoms with Gasteiger partial charge in [0.2, 0.25) is 0 Å². The van der Waals surface area contributed by atoms with Gasteiger partial charge in [-0.05, 0) is 12.1 Å². The van der Waals surface area contributed by atoms with E-state index < -0.39 is 23.7 Å². The van der Waals surface area contributed by atoms with Gasteiger partial charge in [0.1, 0.15) is 17.5 Å². The number of alkyl halides is 5. The summed E-state index contributed by atoms with van der Waals surface area (Å²) in [7, 11) is 2.27. The maximum atomic E-state index is 13.3. The van der Waals surface area contributed by atoms with Gasteiger partial charge in [0.05, 0.1) is 19.8 Å². The van der Waals surface area contributed by atoms with Crippen molar-refractivity contribution in [1.29, 1.82) is 0 Å². The van der Waals surface area contributed by atoms with E-state index in [1.54, 1.807) is 0 Å². The van der Waals surface area contributed by atoms with E-state index in [4.69, 9.17) is 15.2 Å². The van der Waals surface area contributed by atoms with Crippen LogP contribution in [-0.4, -0.2) is 26.3 Å². The molecule has 0 spiro atoms. The zero-order valence-electron chi connectivity index (χ0n) is 10.1. The molecule has 108 valence electrons. The standard InChI is InChI=1S/C11H12F5NO2/c1-18-6-4-3-5-7(19-2)8(6)9(17)10(12,13)11(14,15)16/h3-5,9H,17H2,1-2H3/t9-/m1/s1. The maximum absolute atomic E-state index is 13.3. The summed E-state index contributed by atoms with van der Waals surface area (Å²) in [6.07, 6.45) is -5.77. The minimum Gasteiger partial charge on any atom is -0.496 e. The quantitative estimate of drug-likeness (QED) is 0.865. The minimum absolute atomic E-state index is 0.198. The lowest BCUT2D eigenvalue weighted by atomic mass is 9.99. The number of methoxy groups -OCH3 is 2. The zero-order valence-corrected chi connectivity index (χ0v) is 10.1. The van der Waals surface area contributed by atoms with Crippen LogP contribution >= 0.6 is 0 Å². The molecule has 1 atom stereocenters. The third kappa shape index (κ3) is 2.73. The van der Waals surface area contributed by atoms with Crippen LogP contribution in [0.5, 0.6) is 11.5 Å². The number of benzene rings is 1. The molecule has 0 aliphatic heterocycles. The van der Waals surface area contributed by atoms with Gasteiger partial charge in [-0.15, -0.1) is 0 Å². The highest BCUT2D eigenvalue weighted by atomic mass is 19.4. The summed E-state index contributed by atoms with van der Waals surface area (Å²) >= 11 is 0. The highest BCUT2D eigenvalue weighted by Gasteiger charge is 2.62. The fraction of sp³-hybridized carbons (Fsp3) is 0.455. The van der Waals surface area contributed by atoms with E-state index in [0.717, 1.165) is 14.2 Å². The summed E-state index contributed by atoms with van der Waals surface area (Å²) < 4.78 is 73.1. The highest BCUT2D eigenvalue weighted by molar-refractivity contribution is 5.47. The van der Waals surface area contributed by atoms with Crippen LogP contribution in [0.3, 0.4) is 0 Å². The molecule has 0 radical (unpaired) electrons. The first kappa shape index (κ1) is 15.5. The van der Waals surface area contributed by atoms with Gasteiger partial charge in [-0.2, -0.15) is 22.0 Å². The van der Waals surface area contributed by atoms with Crippen molar-refractivity contribution in [3.8, 4) is 11.5 Å². The van der Waals surface area contributed by atoms with E-state index >= 15 is 0 Å². The second-order valence-electron chi connectivity index (χ2n) is 3.67. The molecule has 8 heteroatoms. The molecule has 0 unspecified atom stereocenters. The van der Waals surface area contributed by atoms with Crippen LogP contribution in [0.1, 0.15) is 11.6 Å². The normalized spacial score (nSPS) is 14.1. The molecule has 0 heterocycles. The molecule has 0 saturated heterocycles. The zero-order chi connectivity index (χ0) is 14.8. The van der Waals surface area contributed by atoms with Gasteiger partial charge in [-0.1, -0.05) is 6.07 Å². The molecule has 1 aromatic rings. The van der Waals surface area contributed by atoms with Crippen LogP contribution in [0.15, 0.2) is 18.2 Å². The van der Waals surface area contributed by atoms with Gasteiger partial charge in [0, 0.05) is 0 Å². The predicted octanol–water partition coefficient (Wildman–Crippen LogP) is 2.90. The van der Waals surface area contributed by atoms with Crippen LogP contribution in [0.2, 0.25) is 0 Å². The summed E-state index contributed by atoms with van der Waals surface area (Å²) in [6.45, 7) is 0. The number of nitrogens with two attached hydrogens (primary N) is 1. The number of rotatable bonds is 4. The van der Waals surface area contributed by atoms with Gasteiger partial charge >= 0.3 is 12.1 Å². The predicted molar refractivity (Wildman–Crippen MR) is 57.5 cm³/mol. The minimum atomic E-state index is -5.77. The van der Waals surface area contributed by atoms with Crippen LogP contribution in [0.4, 0.5) is 22.0 Å². The van der Waals surface area contributed by atoms with Gasteiger partial charge in [-0.3, -0.25) is 0 Å². The van der Waals surface area contributed by atoms with Crippen molar-refractivity contribution < 1.29 is 31.4 Å². The third-order valence-electron chi connectivity index (χ3n) is 2.55. The Morgan fingerprint density at radius 1 is 1.00 bits per heavy atom. The smallest absolute Gasteiger partial charge is 0.455 e. The molecule has 3 nitrogen and oxygen atoms in total. The van der Waals surface area contributed by atoms with Crippen LogP contribution in [0.25, 0.3) is 0 Å². The average molecular weight is 285 g/mol. The Balaban J connectivity index is 3.37. The van der Waals surface area contributed by atoms with E-state index in [1.807, 2.05) is 0 Å². The topological polar surface area (TPSA) is 44.5 Å². The van der Waals surface area contributed by atoms with Crippen molar-refractivity contribution in [2.45, 2.75) is 18.1 Å². The fourth-order valence-electron chi connectivity index (χ4n) is 1.54. The van der Waals surface area contributed by atoms with E-state index in [-0.39, 0.29) is 11.5 Å². The fourth-order valence-corrected chi connectivity index (χ4v) is 1.54. The lowest BCUT2D eigenvalue weighted by Crippen LogP contribution is -2.46. The van der Waals surface area contributed by atoms with E-state index in [0.29, 0.717) is 0 Å². The Kier molecular flexibility index (Phi) is 4.24. The van der Waals surface area contributed by atoms with Crippen LogP contribution in [-0.2, 0) is 0 Å². The summed E-state index contributed by atoms with van der Waals surface area (Å²) in [5.41, 5.74) is 4.55. The van der Waals surface area contributed by atoms with Crippen molar-refractivity contribution in [1.82, 2.24) is 0 Å². The summed E-state index contributed by atoms with van der Waals surface area (Å²) in [5, 5.41) is 0. The van der Waals surface area contributed by atoms with Crippen molar-refractivity contribution in [2.75, 3.05) is 14.2 Å². The molecule has 2 N–H and O–H groups in total. The lowest BCUT2D eigenvalue weighted by molar-refractivity contribution is -0.291. The molecular formula is C11H12F5NO2. The summed E-state index contributed by atoms with van der Waals surface area (Å²) in [5.74, 6) is -5.50. The van der Waals surface area contributed by atoms with E-state index in [2.05, 4.69) is 0 Å².